The molecule has 1 aliphatic rings. The number of nitrogens with zero attached hydrogens (tertiary/aromatic N) is 1. The molecule has 1 aromatic carbocycles. The van der Waals surface area contributed by atoms with Crippen LogP contribution in [-0.4, -0.2) is 26.2 Å². The van der Waals surface area contributed by atoms with Gasteiger partial charge in [0, 0.05) is 42.7 Å². The average molecular weight is 301 g/mol. The molecule has 102 valence electrons. The van der Waals surface area contributed by atoms with Crippen molar-refractivity contribution in [2.45, 2.75) is 0 Å². The molecule has 0 spiro atoms. The second-order valence-corrected chi connectivity index (χ2v) is 4.77. The Balaban J connectivity index is 0.00000133. The van der Waals surface area contributed by atoms with E-state index in [0.717, 1.165) is 37.3 Å². The number of anilines is 1. The molecular weight excluding hydrogens is 287 g/mol. The van der Waals surface area contributed by atoms with Crippen LogP contribution < -0.4 is 15.8 Å². The molecule has 0 saturated carbocycles. The van der Waals surface area contributed by atoms with E-state index in [1.54, 1.807) is 6.07 Å². The van der Waals surface area contributed by atoms with Crippen molar-refractivity contribution in [2.24, 2.45) is 0 Å². The number of hydrogen-bond donors (Lipinski definition) is 1. The van der Waals surface area contributed by atoms with Gasteiger partial charge in [-0.3, -0.25) is 0 Å². The van der Waals surface area contributed by atoms with Crippen LogP contribution in [0.1, 0.15) is 0 Å². The van der Waals surface area contributed by atoms with E-state index in [0.29, 0.717) is 10.6 Å². The molecule has 1 saturated heterocycles. The molecule has 1 N–H and O–H groups in total. The quantitative estimate of drug-likeness (QED) is 0.821. The molecule has 1 aromatic heterocycles. The summed E-state index contributed by atoms with van der Waals surface area (Å²) in [5.74, 6) is 0. The average Bonchev–Trinajstić information content (AvgIpc) is 2.39. The van der Waals surface area contributed by atoms with Crippen LogP contribution in [0.2, 0.25) is 5.02 Å². The fourth-order valence-corrected chi connectivity index (χ4v) is 2.49. The first-order chi connectivity index (χ1) is 8.74. The van der Waals surface area contributed by atoms with Crippen molar-refractivity contribution >= 4 is 40.7 Å². The van der Waals surface area contributed by atoms with E-state index in [1.807, 2.05) is 12.1 Å². The van der Waals surface area contributed by atoms with Gasteiger partial charge in [-0.25, -0.2) is 4.79 Å². The third-order valence-electron chi connectivity index (χ3n) is 3.12. The highest BCUT2D eigenvalue weighted by molar-refractivity contribution is 6.31. The summed E-state index contributed by atoms with van der Waals surface area (Å²) >= 11 is 6.12. The van der Waals surface area contributed by atoms with Gasteiger partial charge >= 0.3 is 5.63 Å². The van der Waals surface area contributed by atoms with Gasteiger partial charge in [-0.2, -0.15) is 0 Å². The molecule has 6 heteroatoms. The Hall–Kier alpha value is -1.23. The largest absolute Gasteiger partial charge is 0.420 e. The molecule has 0 bridgehead atoms. The van der Waals surface area contributed by atoms with Crippen molar-refractivity contribution in [3.05, 3.63) is 39.7 Å². The molecule has 0 aliphatic carbocycles. The Bertz CT molecular complexity index is 636. The Labute approximate surface area is 121 Å². The van der Waals surface area contributed by atoms with Gasteiger partial charge in [0.25, 0.3) is 0 Å². The van der Waals surface area contributed by atoms with Gasteiger partial charge in [-0.05, 0) is 18.2 Å². The van der Waals surface area contributed by atoms with Gasteiger partial charge in [0.1, 0.15) is 0 Å². The molecule has 3 rings (SSSR count). The van der Waals surface area contributed by atoms with Crippen molar-refractivity contribution in [1.82, 2.24) is 5.32 Å². The molecule has 0 amide bonds. The number of nitrogens with one attached hydrogen (secondary N) is 1. The Kier molecular flexibility index (Phi) is 4.34. The van der Waals surface area contributed by atoms with Crippen LogP contribution in [0, 0.1) is 0 Å². The molecule has 1 aliphatic heterocycles. The predicted octanol–water partition coefficient (Wildman–Crippen LogP) is 2.28. The number of rotatable bonds is 1. The number of hydrogen-bond acceptors (Lipinski definition) is 4. The Morgan fingerprint density at radius 3 is 2.68 bits per heavy atom. The molecule has 4 nitrogen and oxygen atoms in total. The zero-order chi connectivity index (χ0) is 12.5. The summed E-state index contributed by atoms with van der Waals surface area (Å²) in [6, 6.07) is 6.84. The predicted molar refractivity (Wildman–Crippen MR) is 79.8 cm³/mol. The summed E-state index contributed by atoms with van der Waals surface area (Å²) < 4.78 is 5.32. The van der Waals surface area contributed by atoms with Crippen LogP contribution >= 0.6 is 24.0 Å². The van der Waals surface area contributed by atoms with E-state index in [4.69, 9.17) is 16.0 Å². The van der Waals surface area contributed by atoms with Gasteiger partial charge < -0.3 is 14.6 Å². The van der Waals surface area contributed by atoms with Crippen LogP contribution in [0.25, 0.3) is 11.0 Å². The number of fused-ring (bicyclic) bond motifs is 1. The lowest BCUT2D eigenvalue weighted by atomic mass is 10.2. The van der Waals surface area contributed by atoms with Gasteiger partial charge in [0.05, 0.1) is 5.69 Å². The van der Waals surface area contributed by atoms with Gasteiger partial charge in [0.15, 0.2) is 5.58 Å². The first-order valence-corrected chi connectivity index (χ1v) is 6.31. The highest BCUT2D eigenvalue weighted by Gasteiger charge is 2.15. The molecule has 2 aromatic rings. The van der Waals surface area contributed by atoms with Crippen LogP contribution in [0.5, 0.6) is 0 Å². The van der Waals surface area contributed by atoms with Crippen molar-refractivity contribution < 1.29 is 4.42 Å². The normalized spacial score (nSPS) is 15.3. The first kappa shape index (κ1) is 14.2. The fourth-order valence-electron chi connectivity index (χ4n) is 2.27. The standard InChI is InChI=1S/C13H13ClN2O2.ClH/c14-10-7-9-1-2-12(17)18-13(9)11(8-10)16-5-3-15-4-6-16;/h1-2,7-8,15H,3-6H2;1H. The van der Waals surface area contributed by atoms with Gasteiger partial charge in [0.2, 0.25) is 0 Å². The molecule has 0 atom stereocenters. The topological polar surface area (TPSA) is 45.5 Å². The lowest BCUT2D eigenvalue weighted by molar-refractivity contribution is 0.551. The van der Waals surface area contributed by atoms with Crippen molar-refractivity contribution in [2.75, 3.05) is 31.1 Å². The van der Waals surface area contributed by atoms with Crippen molar-refractivity contribution in [3.63, 3.8) is 0 Å². The number of piperazine rings is 1. The minimum Gasteiger partial charge on any atom is -0.420 e. The molecule has 0 radical (unpaired) electrons. The molecule has 2 heterocycles. The SMILES string of the molecule is Cl.O=c1ccc2cc(Cl)cc(N3CCNCC3)c2o1. The molecule has 19 heavy (non-hydrogen) atoms. The van der Waals surface area contributed by atoms with E-state index in [1.165, 1.54) is 6.07 Å². The number of benzene rings is 1. The summed E-state index contributed by atoms with van der Waals surface area (Å²) in [7, 11) is 0. The summed E-state index contributed by atoms with van der Waals surface area (Å²) in [4.78, 5) is 13.6. The third-order valence-corrected chi connectivity index (χ3v) is 3.34. The summed E-state index contributed by atoms with van der Waals surface area (Å²) in [6.45, 7) is 3.61. The van der Waals surface area contributed by atoms with E-state index in [-0.39, 0.29) is 18.0 Å². The van der Waals surface area contributed by atoms with Crippen molar-refractivity contribution in [3.8, 4) is 0 Å². The van der Waals surface area contributed by atoms with Gasteiger partial charge in [-0.1, -0.05) is 11.6 Å². The second-order valence-electron chi connectivity index (χ2n) is 4.33. The maximum atomic E-state index is 11.4. The minimum absolute atomic E-state index is 0. The van der Waals surface area contributed by atoms with E-state index >= 15 is 0 Å². The van der Waals surface area contributed by atoms with Crippen LogP contribution in [0.15, 0.2) is 33.5 Å². The van der Waals surface area contributed by atoms with E-state index in [2.05, 4.69) is 10.2 Å². The molecule has 0 unspecified atom stereocenters. The first-order valence-electron chi connectivity index (χ1n) is 5.93. The maximum Gasteiger partial charge on any atom is 0.336 e. The highest BCUT2D eigenvalue weighted by atomic mass is 35.5. The zero-order valence-electron chi connectivity index (χ0n) is 10.2. The lowest BCUT2D eigenvalue weighted by Crippen LogP contribution is -2.43. The smallest absolute Gasteiger partial charge is 0.336 e. The fraction of sp³-hybridized carbons (Fsp3) is 0.308. The van der Waals surface area contributed by atoms with Crippen molar-refractivity contribution in [1.29, 1.82) is 0 Å². The van der Waals surface area contributed by atoms with Crippen LogP contribution in [0.4, 0.5) is 5.69 Å². The zero-order valence-corrected chi connectivity index (χ0v) is 11.8. The molecule has 1 fully saturated rings. The monoisotopic (exact) mass is 300 g/mol. The highest BCUT2D eigenvalue weighted by Crippen LogP contribution is 2.30. The Morgan fingerprint density at radius 2 is 1.95 bits per heavy atom. The molecular formula is C13H14Cl2N2O2. The lowest BCUT2D eigenvalue weighted by Gasteiger charge is -2.29. The van der Waals surface area contributed by atoms with E-state index < -0.39 is 0 Å². The summed E-state index contributed by atoms with van der Waals surface area (Å²) in [5, 5.41) is 4.81. The second kappa shape index (κ2) is 5.82. The number of halogens is 2. The third kappa shape index (κ3) is 2.86. The minimum atomic E-state index is -0.332. The van der Waals surface area contributed by atoms with Crippen LogP contribution in [-0.2, 0) is 0 Å². The summed E-state index contributed by atoms with van der Waals surface area (Å²) in [5.41, 5.74) is 1.19. The maximum absolute atomic E-state index is 11.4. The van der Waals surface area contributed by atoms with Gasteiger partial charge in [-0.15, -0.1) is 12.4 Å². The summed E-state index contributed by atoms with van der Waals surface area (Å²) in [6.07, 6.45) is 0. The van der Waals surface area contributed by atoms with Crippen LogP contribution in [0.3, 0.4) is 0 Å². The van der Waals surface area contributed by atoms with E-state index in [9.17, 15) is 4.79 Å². The Morgan fingerprint density at radius 1 is 1.21 bits per heavy atom.